The van der Waals surface area contributed by atoms with E-state index in [4.69, 9.17) is 4.74 Å². The number of para-hydroxylation sites is 2. The van der Waals surface area contributed by atoms with Crippen molar-refractivity contribution in [3.8, 4) is 5.75 Å². The lowest BCUT2D eigenvalue weighted by Gasteiger charge is -2.19. The molecule has 0 bridgehead atoms. The molecule has 1 saturated heterocycles. The SMILES string of the molecule is COc1ccccc1N1C[C@@H](NS(=O)(=O)c2cn(CC(C)C)nc2C)CC1=O. The van der Waals surface area contributed by atoms with Gasteiger partial charge in [0.05, 0.1) is 18.5 Å². The number of sulfonamides is 1. The molecule has 28 heavy (non-hydrogen) atoms. The van der Waals surface area contributed by atoms with Crippen LogP contribution >= 0.6 is 0 Å². The van der Waals surface area contributed by atoms with Crippen molar-refractivity contribution in [2.24, 2.45) is 5.92 Å². The number of carbonyl (C=O) groups is 1. The van der Waals surface area contributed by atoms with E-state index in [1.54, 1.807) is 34.8 Å². The van der Waals surface area contributed by atoms with E-state index in [0.717, 1.165) is 0 Å². The maximum absolute atomic E-state index is 12.9. The molecular formula is C19H26N4O4S. The van der Waals surface area contributed by atoms with Crippen molar-refractivity contribution >= 4 is 21.6 Å². The molecule has 2 heterocycles. The second kappa shape index (κ2) is 7.92. The number of aromatic nitrogens is 2. The standard InChI is InChI=1S/C19H26N4O4S/c1-13(2)10-22-12-18(14(3)20-22)28(25,26)21-15-9-19(24)23(11-15)16-7-5-6-8-17(16)27-4/h5-8,12-13,15,21H,9-11H2,1-4H3/t15-/m0/s1. The van der Waals surface area contributed by atoms with Crippen LogP contribution in [0.25, 0.3) is 0 Å². The fourth-order valence-corrected chi connectivity index (χ4v) is 4.80. The quantitative estimate of drug-likeness (QED) is 0.758. The third-order valence-electron chi connectivity index (χ3n) is 4.57. The molecule has 1 aromatic carbocycles. The minimum absolute atomic E-state index is 0.0937. The van der Waals surface area contributed by atoms with Crippen LogP contribution in [-0.2, 0) is 21.4 Å². The fourth-order valence-electron chi connectivity index (χ4n) is 3.39. The van der Waals surface area contributed by atoms with Crippen LogP contribution in [0.1, 0.15) is 26.0 Å². The van der Waals surface area contributed by atoms with Crippen LogP contribution in [0.5, 0.6) is 5.75 Å². The Morgan fingerprint density at radius 1 is 1.32 bits per heavy atom. The lowest BCUT2D eigenvalue weighted by Crippen LogP contribution is -2.37. The molecule has 1 N–H and O–H groups in total. The lowest BCUT2D eigenvalue weighted by molar-refractivity contribution is -0.117. The second-order valence-corrected chi connectivity index (χ2v) is 9.08. The van der Waals surface area contributed by atoms with Crippen LogP contribution in [0.15, 0.2) is 35.4 Å². The van der Waals surface area contributed by atoms with Crippen molar-refractivity contribution in [1.29, 1.82) is 0 Å². The third kappa shape index (κ3) is 4.20. The van der Waals surface area contributed by atoms with E-state index < -0.39 is 16.1 Å². The van der Waals surface area contributed by atoms with Gasteiger partial charge in [-0.05, 0) is 25.0 Å². The Kier molecular flexibility index (Phi) is 5.76. The maximum atomic E-state index is 12.9. The summed E-state index contributed by atoms with van der Waals surface area (Å²) in [5.41, 5.74) is 1.08. The van der Waals surface area contributed by atoms with Crippen LogP contribution in [0.4, 0.5) is 5.69 Å². The Morgan fingerprint density at radius 3 is 2.71 bits per heavy atom. The Balaban J connectivity index is 1.77. The minimum atomic E-state index is -3.78. The van der Waals surface area contributed by atoms with Gasteiger partial charge in [-0.3, -0.25) is 9.48 Å². The van der Waals surface area contributed by atoms with Crippen molar-refractivity contribution in [3.63, 3.8) is 0 Å². The molecule has 152 valence electrons. The normalized spacial score (nSPS) is 17.5. The van der Waals surface area contributed by atoms with E-state index in [1.165, 1.54) is 7.11 Å². The average Bonchev–Trinajstić information content (AvgIpc) is 3.16. The molecule has 0 radical (unpaired) electrons. The van der Waals surface area contributed by atoms with Crippen LogP contribution in [0.3, 0.4) is 0 Å². The topological polar surface area (TPSA) is 93.5 Å². The molecular weight excluding hydrogens is 380 g/mol. The summed E-state index contributed by atoms with van der Waals surface area (Å²) in [6, 6.07) is 6.67. The molecule has 1 fully saturated rings. The summed E-state index contributed by atoms with van der Waals surface area (Å²) < 4.78 is 35.4. The number of aryl methyl sites for hydroxylation is 1. The first-order valence-electron chi connectivity index (χ1n) is 9.21. The van der Waals surface area contributed by atoms with Gasteiger partial charge in [0.2, 0.25) is 15.9 Å². The fraction of sp³-hybridized carbons (Fsp3) is 0.474. The number of ether oxygens (including phenoxy) is 1. The van der Waals surface area contributed by atoms with E-state index in [0.29, 0.717) is 29.6 Å². The van der Waals surface area contributed by atoms with E-state index >= 15 is 0 Å². The second-order valence-electron chi connectivity index (χ2n) is 7.39. The van der Waals surface area contributed by atoms with Gasteiger partial charge in [0, 0.05) is 31.7 Å². The molecule has 0 unspecified atom stereocenters. The molecule has 0 saturated carbocycles. The summed E-state index contributed by atoms with van der Waals surface area (Å²) >= 11 is 0. The molecule has 1 amide bonds. The summed E-state index contributed by atoms with van der Waals surface area (Å²) in [6.45, 7) is 6.64. The van der Waals surface area contributed by atoms with Gasteiger partial charge in [-0.2, -0.15) is 5.10 Å². The Labute approximate surface area is 165 Å². The van der Waals surface area contributed by atoms with Gasteiger partial charge in [-0.1, -0.05) is 26.0 Å². The zero-order valence-electron chi connectivity index (χ0n) is 16.5. The Hall–Kier alpha value is -2.39. The predicted molar refractivity (Wildman–Crippen MR) is 106 cm³/mol. The van der Waals surface area contributed by atoms with Gasteiger partial charge in [0.15, 0.2) is 0 Å². The summed E-state index contributed by atoms with van der Waals surface area (Å²) in [7, 11) is -2.24. The number of nitrogens with one attached hydrogen (secondary N) is 1. The van der Waals surface area contributed by atoms with Gasteiger partial charge in [0.25, 0.3) is 0 Å². The van der Waals surface area contributed by atoms with E-state index in [1.807, 2.05) is 26.0 Å². The van der Waals surface area contributed by atoms with E-state index in [2.05, 4.69) is 9.82 Å². The number of hydrogen-bond donors (Lipinski definition) is 1. The first-order valence-corrected chi connectivity index (χ1v) is 10.7. The molecule has 2 aromatic rings. The molecule has 1 aromatic heterocycles. The van der Waals surface area contributed by atoms with Crippen LogP contribution < -0.4 is 14.4 Å². The average molecular weight is 407 g/mol. The largest absolute Gasteiger partial charge is 0.495 e. The van der Waals surface area contributed by atoms with Crippen molar-refractivity contribution < 1.29 is 17.9 Å². The minimum Gasteiger partial charge on any atom is -0.495 e. The highest BCUT2D eigenvalue weighted by Gasteiger charge is 2.35. The zero-order valence-corrected chi connectivity index (χ0v) is 17.4. The first-order chi connectivity index (χ1) is 13.2. The third-order valence-corrected chi connectivity index (χ3v) is 6.19. The number of hydrogen-bond acceptors (Lipinski definition) is 5. The molecule has 1 aliphatic rings. The molecule has 0 aliphatic carbocycles. The monoisotopic (exact) mass is 406 g/mol. The summed E-state index contributed by atoms with van der Waals surface area (Å²) in [5.74, 6) is 0.777. The summed E-state index contributed by atoms with van der Waals surface area (Å²) in [5, 5.41) is 4.30. The van der Waals surface area contributed by atoms with Gasteiger partial charge in [-0.15, -0.1) is 0 Å². The summed E-state index contributed by atoms with van der Waals surface area (Å²) in [6.07, 6.45) is 1.64. The molecule has 1 atom stereocenters. The van der Waals surface area contributed by atoms with Crippen molar-refractivity contribution in [2.75, 3.05) is 18.6 Å². The maximum Gasteiger partial charge on any atom is 0.244 e. The van der Waals surface area contributed by atoms with Gasteiger partial charge in [-0.25, -0.2) is 13.1 Å². The lowest BCUT2D eigenvalue weighted by atomic mass is 10.2. The zero-order chi connectivity index (χ0) is 20.5. The van der Waals surface area contributed by atoms with Crippen LogP contribution in [0.2, 0.25) is 0 Å². The van der Waals surface area contributed by atoms with E-state index in [9.17, 15) is 13.2 Å². The van der Waals surface area contributed by atoms with Crippen molar-refractivity contribution in [3.05, 3.63) is 36.2 Å². The van der Waals surface area contributed by atoms with Gasteiger partial charge in [0.1, 0.15) is 10.6 Å². The van der Waals surface area contributed by atoms with Gasteiger partial charge >= 0.3 is 0 Å². The highest BCUT2D eigenvalue weighted by molar-refractivity contribution is 7.89. The highest BCUT2D eigenvalue weighted by atomic mass is 32.2. The first kappa shape index (κ1) is 20.3. The molecule has 3 rings (SSSR count). The Morgan fingerprint density at radius 2 is 2.04 bits per heavy atom. The molecule has 0 spiro atoms. The van der Waals surface area contributed by atoms with Gasteiger partial charge < -0.3 is 9.64 Å². The molecule has 1 aliphatic heterocycles. The molecule has 8 nitrogen and oxygen atoms in total. The number of methoxy groups -OCH3 is 1. The number of carbonyl (C=O) groups excluding carboxylic acids is 1. The Bertz CT molecular complexity index is 968. The van der Waals surface area contributed by atoms with Crippen molar-refractivity contribution in [2.45, 2.75) is 44.7 Å². The number of nitrogens with zero attached hydrogens (tertiary/aromatic N) is 3. The van der Waals surface area contributed by atoms with Crippen LogP contribution in [-0.4, -0.2) is 43.8 Å². The predicted octanol–water partition coefficient (Wildman–Crippen LogP) is 1.94. The van der Waals surface area contributed by atoms with Crippen LogP contribution in [0, 0.1) is 12.8 Å². The smallest absolute Gasteiger partial charge is 0.244 e. The van der Waals surface area contributed by atoms with E-state index in [-0.39, 0.29) is 23.8 Å². The molecule has 9 heteroatoms. The highest BCUT2D eigenvalue weighted by Crippen LogP contribution is 2.31. The summed E-state index contributed by atoms with van der Waals surface area (Å²) in [4.78, 5) is 14.2. The number of amides is 1. The number of anilines is 1. The number of rotatable bonds is 7. The number of benzene rings is 1. The van der Waals surface area contributed by atoms with Crippen molar-refractivity contribution in [1.82, 2.24) is 14.5 Å².